The number of hydrogen-bond acceptors (Lipinski definition) is 6. The fourth-order valence-electron chi connectivity index (χ4n) is 2.28. The second kappa shape index (κ2) is 9.82. The molecule has 0 spiro atoms. The highest BCUT2D eigenvalue weighted by atomic mass is 16.5. The number of ether oxygens (including phenoxy) is 2. The number of esters is 2. The maximum Gasteiger partial charge on any atom is 0.337 e. The average Bonchev–Trinajstić information content (AvgIpc) is 2.70. The van der Waals surface area contributed by atoms with E-state index in [9.17, 15) is 19.2 Å². The lowest BCUT2D eigenvalue weighted by Crippen LogP contribution is -2.21. The van der Waals surface area contributed by atoms with Crippen molar-refractivity contribution in [2.75, 3.05) is 19.0 Å². The van der Waals surface area contributed by atoms with E-state index in [1.165, 1.54) is 26.2 Å². The van der Waals surface area contributed by atoms with Crippen LogP contribution >= 0.6 is 0 Å². The van der Waals surface area contributed by atoms with E-state index in [1.807, 2.05) is 0 Å². The number of carbonyl (C=O) groups excluding carboxylic acids is 4. The summed E-state index contributed by atoms with van der Waals surface area (Å²) in [6.45, 7) is 0.907. The third-order valence-corrected chi connectivity index (χ3v) is 3.67. The van der Waals surface area contributed by atoms with Crippen LogP contribution in [0.5, 0.6) is 0 Å². The molecule has 0 heterocycles. The van der Waals surface area contributed by atoms with Crippen molar-refractivity contribution in [3.8, 4) is 0 Å². The third-order valence-electron chi connectivity index (χ3n) is 3.67. The van der Waals surface area contributed by atoms with E-state index in [2.05, 4.69) is 10.1 Å². The van der Waals surface area contributed by atoms with E-state index in [-0.39, 0.29) is 5.78 Å². The zero-order valence-electron chi connectivity index (χ0n) is 15.4. The van der Waals surface area contributed by atoms with Gasteiger partial charge < -0.3 is 14.8 Å². The van der Waals surface area contributed by atoms with Crippen LogP contribution in [0, 0.1) is 0 Å². The Morgan fingerprint density at radius 1 is 1.00 bits per heavy atom. The van der Waals surface area contributed by atoms with Gasteiger partial charge >= 0.3 is 11.9 Å². The van der Waals surface area contributed by atoms with Crippen LogP contribution in [0.2, 0.25) is 0 Å². The summed E-state index contributed by atoms with van der Waals surface area (Å²) in [5, 5.41) is 2.54. The molecule has 0 radical (unpaired) electrons. The number of nitrogens with one attached hydrogen (secondary N) is 1. The monoisotopic (exact) mass is 381 g/mol. The van der Waals surface area contributed by atoms with Crippen LogP contribution in [-0.2, 0) is 19.1 Å². The van der Waals surface area contributed by atoms with E-state index >= 15 is 0 Å². The third kappa shape index (κ3) is 5.91. The van der Waals surface area contributed by atoms with E-state index in [1.54, 1.807) is 48.5 Å². The predicted octanol–water partition coefficient (Wildman–Crippen LogP) is 2.87. The highest BCUT2D eigenvalue weighted by Gasteiger charge is 2.11. The van der Waals surface area contributed by atoms with Gasteiger partial charge in [0.2, 0.25) is 0 Å². The molecule has 0 aliphatic rings. The molecule has 7 heteroatoms. The highest BCUT2D eigenvalue weighted by molar-refractivity contribution is 6.04. The quantitative estimate of drug-likeness (QED) is 0.450. The molecule has 0 bridgehead atoms. The number of carbonyl (C=O) groups is 4. The zero-order valence-corrected chi connectivity index (χ0v) is 15.4. The Labute approximate surface area is 162 Å². The summed E-state index contributed by atoms with van der Waals surface area (Å²) in [5.74, 6) is -1.90. The molecule has 28 heavy (non-hydrogen) atoms. The van der Waals surface area contributed by atoms with Gasteiger partial charge in [-0.25, -0.2) is 9.59 Å². The molecule has 0 aliphatic heterocycles. The number of anilines is 1. The average molecular weight is 381 g/mol. The maximum absolute atomic E-state index is 11.9. The van der Waals surface area contributed by atoms with E-state index in [4.69, 9.17) is 4.74 Å². The normalized spacial score (nSPS) is 10.4. The first-order valence-electron chi connectivity index (χ1n) is 8.33. The van der Waals surface area contributed by atoms with Crippen LogP contribution in [0.3, 0.4) is 0 Å². The zero-order chi connectivity index (χ0) is 20.5. The van der Waals surface area contributed by atoms with Crippen molar-refractivity contribution in [3.63, 3.8) is 0 Å². The minimum absolute atomic E-state index is 0.186. The highest BCUT2D eigenvalue weighted by Crippen LogP contribution is 2.15. The molecule has 1 N–H and O–H groups in total. The van der Waals surface area contributed by atoms with Gasteiger partial charge in [-0.15, -0.1) is 0 Å². The van der Waals surface area contributed by atoms with Crippen molar-refractivity contribution in [1.29, 1.82) is 0 Å². The maximum atomic E-state index is 11.9. The van der Waals surface area contributed by atoms with Gasteiger partial charge in [0.15, 0.2) is 12.4 Å². The first-order valence-corrected chi connectivity index (χ1v) is 8.33. The van der Waals surface area contributed by atoms with Crippen LogP contribution in [0.25, 0.3) is 6.08 Å². The second-order valence-electron chi connectivity index (χ2n) is 5.70. The van der Waals surface area contributed by atoms with Gasteiger partial charge in [0.25, 0.3) is 5.91 Å². The fraction of sp³-hybridized carbons (Fsp3) is 0.143. The van der Waals surface area contributed by atoms with Crippen molar-refractivity contribution in [2.24, 2.45) is 0 Å². The summed E-state index contributed by atoms with van der Waals surface area (Å²) in [6, 6.07) is 13.0. The predicted molar refractivity (Wildman–Crippen MR) is 103 cm³/mol. The van der Waals surface area contributed by atoms with Crippen LogP contribution in [0.1, 0.15) is 33.2 Å². The Hall–Kier alpha value is -3.74. The lowest BCUT2D eigenvalue weighted by atomic mass is 10.1. The fourth-order valence-corrected chi connectivity index (χ4v) is 2.28. The summed E-state index contributed by atoms with van der Waals surface area (Å²) < 4.78 is 9.48. The van der Waals surface area contributed by atoms with E-state index in [0.29, 0.717) is 22.4 Å². The van der Waals surface area contributed by atoms with Crippen molar-refractivity contribution >= 4 is 35.4 Å². The number of rotatable bonds is 7. The van der Waals surface area contributed by atoms with Crippen LogP contribution < -0.4 is 5.32 Å². The van der Waals surface area contributed by atoms with Gasteiger partial charge in [0.1, 0.15) is 0 Å². The number of hydrogen-bond donors (Lipinski definition) is 1. The molecule has 0 unspecified atom stereocenters. The summed E-state index contributed by atoms with van der Waals surface area (Å²) in [5.41, 5.74) is 1.80. The Morgan fingerprint density at radius 3 is 2.32 bits per heavy atom. The summed E-state index contributed by atoms with van der Waals surface area (Å²) >= 11 is 0. The topological polar surface area (TPSA) is 98.8 Å². The first kappa shape index (κ1) is 20.6. The smallest absolute Gasteiger partial charge is 0.337 e. The van der Waals surface area contributed by atoms with Gasteiger partial charge in [-0.2, -0.15) is 0 Å². The molecule has 0 fully saturated rings. The largest absolute Gasteiger partial charge is 0.465 e. The molecule has 2 rings (SSSR count). The molecule has 0 saturated carbocycles. The number of para-hydroxylation sites is 1. The number of Topliss-reactive ketones (excluding diaryl/α,β-unsaturated/α-hetero) is 1. The Kier molecular flexibility index (Phi) is 7.21. The summed E-state index contributed by atoms with van der Waals surface area (Å²) in [7, 11) is 1.29. The van der Waals surface area contributed by atoms with E-state index in [0.717, 1.165) is 0 Å². The molecule has 0 aliphatic carbocycles. The Balaban J connectivity index is 1.86. The van der Waals surface area contributed by atoms with Crippen molar-refractivity contribution < 1.29 is 28.7 Å². The summed E-state index contributed by atoms with van der Waals surface area (Å²) in [4.78, 5) is 46.6. The first-order chi connectivity index (χ1) is 13.4. The molecule has 2 aromatic carbocycles. The Bertz CT molecular complexity index is 915. The van der Waals surface area contributed by atoms with Gasteiger partial charge in [-0.05, 0) is 42.8 Å². The molecule has 0 atom stereocenters. The van der Waals surface area contributed by atoms with Crippen LogP contribution in [0.15, 0.2) is 54.6 Å². The minimum atomic E-state index is -0.702. The van der Waals surface area contributed by atoms with Crippen molar-refractivity contribution in [3.05, 3.63) is 71.3 Å². The van der Waals surface area contributed by atoms with Crippen molar-refractivity contribution in [2.45, 2.75) is 6.92 Å². The van der Waals surface area contributed by atoms with Gasteiger partial charge in [0.05, 0.1) is 18.4 Å². The molecular formula is C21H19NO6. The number of benzene rings is 2. The van der Waals surface area contributed by atoms with Crippen LogP contribution in [-0.4, -0.2) is 37.3 Å². The lowest BCUT2D eigenvalue weighted by Gasteiger charge is -2.08. The van der Waals surface area contributed by atoms with Gasteiger partial charge in [-0.1, -0.05) is 24.3 Å². The second-order valence-corrected chi connectivity index (χ2v) is 5.70. The number of ketones is 1. The molecule has 1 amide bonds. The molecule has 0 aromatic heterocycles. The minimum Gasteiger partial charge on any atom is -0.465 e. The van der Waals surface area contributed by atoms with Gasteiger partial charge in [-0.3, -0.25) is 9.59 Å². The molecule has 2 aromatic rings. The van der Waals surface area contributed by atoms with Crippen molar-refractivity contribution in [1.82, 2.24) is 0 Å². The Morgan fingerprint density at radius 2 is 1.68 bits per heavy atom. The standard InChI is InChI=1S/C21H19NO6/c1-14(23)17-5-3-4-6-18(17)22-19(24)13-28-20(25)12-9-15-7-10-16(11-8-15)21(26)27-2/h3-12H,13H2,1-2H3,(H,22,24)/b12-9+. The number of amides is 1. The van der Waals surface area contributed by atoms with E-state index < -0.39 is 24.5 Å². The van der Waals surface area contributed by atoms with Gasteiger partial charge in [0, 0.05) is 11.6 Å². The molecule has 144 valence electrons. The van der Waals surface area contributed by atoms with Crippen LogP contribution in [0.4, 0.5) is 5.69 Å². The molecular weight excluding hydrogens is 362 g/mol. The summed E-state index contributed by atoms with van der Waals surface area (Å²) in [6.07, 6.45) is 2.66. The SMILES string of the molecule is COC(=O)c1ccc(/C=C/C(=O)OCC(=O)Nc2ccccc2C(C)=O)cc1. The molecule has 7 nitrogen and oxygen atoms in total. The number of methoxy groups -OCH3 is 1. The molecule has 0 saturated heterocycles. The lowest BCUT2D eigenvalue weighted by molar-refractivity contribution is -0.142.